The molecule has 0 radical (unpaired) electrons. The average Bonchev–Trinajstić information content (AvgIpc) is 2.80. The number of nitrogens with zero attached hydrogens (tertiary/aromatic N) is 2. The van der Waals surface area contributed by atoms with E-state index >= 15 is 0 Å². The van der Waals surface area contributed by atoms with Gasteiger partial charge in [-0.1, -0.05) is 0 Å². The summed E-state index contributed by atoms with van der Waals surface area (Å²) >= 11 is 0. The SMILES string of the molecule is CC(Cn1cccn1)NC(=O)NC(CCO)C(=O)O. The lowest BCUT2D eigenvalue weighted by molar-refractivity contribution is -0.139. The maximum atomic E-state index is 11.6. The second kappa shape index (κ2) is 7.37. The Morgan fingerprint density at radius 1 is 1.42 bits per heavy atom. The van der Waals surface area contributed by atoms with E-state index in [1.165, 1.54) is 0 Å². The predicted molar refractivity (Wildman–Crippen MR) is 66.5 cm³/mol. The van der Waals surface area contributed by atoms with E-state index in [0.717, 1.165) is 0 Å². The molecule has 4 N–H and O–H groups in total. The van der Waals surface area contributed by atoms with Gasteiger partial charge in [-0.05, 0) is 13.0 Å². The topological polar surface area (TPSA) is 116 Å². The number of hydrogen-bond donors (Lipinski definition) is 4. The highest BCUT2D eigenvalue weighted by atomic mass is 16.4. The number of carbonyl (C=O) groups is 2. The summed E-state index contributed by atoms with van der Waals surface area (Å²) in [4.78, 5) is 22.4. The molecule has 8 nitrogen and oxygen atoms in total. The van der Waals surface area contributed by atoms with Crippen LogP contribution in [-0.4, -0.2) is 50.7 Å². The number of aliphatic hydroxyl groups is 1. The molecule has 0 aliphatic carbocycles. The van der Waals surface area contributed by atoms with Gasteiger partial charge in [0.25, 0.3) is 0 Å². The van der Waals surface area contributed by atoms with Crippen molar-refractivity contribution >= 4 is 12.0 Å². The molecule has 1 aromatic heterocycles. The summed E-state index contributed by atoms with van der Waals surface area (Å²) in [5, 5.41) is 26.4. The van der Waals surface area contributed by atoms with Gasteiger partial charge >= 0.3 is 12.0 Å². The molecule has 106 valence electrons. The Balaban J connectivity index is 2.38. The van der Waals surface area contributed by atoms with Gasteiger partial charge in [0.1, 0.15) is 6.04 Å². The molecule has 1 heterocycles. The minimum atomic E-state index is -1.18. The first-order valence-corrected chi connectivity index (χ1v) is 5.91. The smallest absolute Gasteiger partial charge is 0.326 e. The van der Waals surface area contributed by atoms with Crippen LogP contribution in [0.15, 0.2) is 18.5 Å². The summed E-state index contributed by atoms with van der Waals surface area (Å²) < 4.78 is 1.66. The van der Waals surface area contributed by atoms with Crippen molar-refractivity contribution in [2.24, 2.45) is 0 Å². The first-order chi connectivity index (χ1) is 9.02. The van der Waals surface area contributed by atoms with Crippen LogP contribution in [0.4, 0.5) is 4.79 Å². The maximum Gasteiger partial charge on any atom is 0.326 e. The van der Waals surface area contributed by atoms with Crippen LogP contribution in [0.25, 0.3) is 0 Å². The summed E-state index contributed by atoms with van der Waals surface area (Å²) in [7, 11) is 0. The lowest BCUT2D eigenvalue weighted by Crippen LogP contribution is -2.49. The summed E-state index contributed by atoms with van der Waals surface area (Å²) in [5.41, 5.74) is 0. The Morgan fingerprint density at radius 2 is 2.16 bits per heavy atom. The number of nitrogens with one attached hydrogen (secondary N) is 2. The fourth-order valence-corrected chi connectivity index (χ4v) is 1.54. The molecule has 0 aliphatic heterocycles. The van der Waals surface area contributed by atoms with Crippen LogP contribution in [0.3, 0.4) is 0 Å². The van der Waals surface area contributed by atoms with E-state index in [1.54, 1.807) is 30.1 Å². The number of aliphatic hydroxyl groups excluding tert-OH is 1. The first kappa shape index (κ1) is 15.0. The van der Waals surface area contributed by atoms with Gasteiger partial charge in [0.15, 0.2) is 0 Å². The highest BCUT2D eigenvalue weighted by molar-refractivity contribution is 5.82. The van der Waals surface area contributed by atoms with Crippen molar-refractivity contribution in [3.8, 4) is 0 Å². The number of urea groups is 1. The van der Waals surface area contributed by atoms with E-state index in [0.29, 0.717) is 6.54 Å². The first-order valence-electron chi connectivity index (χ1n) is 5.91. The molecule has 1 rings (SSSR count). The third-order valence-corrected chi connectivity index (χ3v) is 2.42. The zero-order chi connectivity index (χ0) is 14.3. The molecule has 1 aromatic rings. The van der Waals surface area contributed by atoms with Crippen molar-refractivity contribution in [2.45, 2.75) is 32.0 Å². The molecule has 0 bridgehead atoms. The van der Waals surface area contributed by atoms with Crippen LogP contribution in [0, 0.1) is 0 Å². The van der Waals surface area contributed by atoms with Gasteiger partial charge in [0.05, 0.1) is 6.54 Å². The van der Waals surface area contributed by atoms with Gasteiger partial charge in [-0.25, -0.2) is 9.59 Å². The van der Waals surface area contributed by atoms with E-state index in [-0.39, 0.29) is 19.1 Å². The Bertz CT molecular complexity index is 407. The molecule has 0 aliphatic rings. The zero-order valence-corrected chi connectivity index (χ0v) is 10.6. The minimum absolute atomic E-state index is 0.0315. The number of carboxylic acid groups (broad SMARTS) is 1. The van der Waals surface area contributed by atoms with E-state index in [2.05, 4.69) is 15.7 Å². The second-order valence-electron chi connectivity index (χ2n) is 4.15. The van der Waals surface area contributed by atoms with Crippen molar-refractivity contribution in [3.63, 3.8) is 0 Å². The molecule has 0 fully saturated rings. The lowest BCUT2D eigenvalue weighted by atomic mass is 10.2. The van der Waals surface area contributed by atoms with Gasteiger partial charge in [-0.2, -0.15) is 5.10 Å². The van der Waals surface area contributed by atoms with Gasteiger partial charge in [-0.15, -0.1) is 0 Å². The van der Waals surface area contributed by atoms with Crippen molar-refractivity contribution in [1.82, 2.24) is 20.4 Å². The van der Waals surface area contributed by atoms with Crippen LogP contribution in [0.2, 0.25) is 0 Å². The van der Waals surface area contributed by atoms with Crippen molar-refractivity contribution in [2.75, 3.05) is 6.61 Å². The van der Waals surface area contributed by atoms with Crippen LogP contribution >= 0.6 is 0 Å². The molecule has 2 atom stereocenters. The van der Waals surface area contributed by atoms with Crippen LogP contribution in [-0.2, 0) is 11.3 Å². The quantitative estimate of drug-likeness (QED) is 0.528. The third-order valence-electron chi connectivity index (χ3n) is 2.42. The summed E-state index contributed by atoms with van der Waals surface area (Å²) in [5.74, 6) is -1.18. The van der Waals surface area contributed by atoms with E-state index in [4.69, 9.17) is 10.2 Å². The van der Waals surface area contributed by atoms with E-state index in [1.807, 2.05) is 0 Å². The predicted octanol–water partition coefficient (Wildman–Crippen LogP) is -0.594. The normalized spacial score (nSPS) is 13.6. The summed E-state index contributed by atoms with van der Waals surface area (Å²) in [6, 6.07) is -0.111. The minimum Gasteiger partial charge on any atom is -0.480 e. The highest BCUT2D eigenvalue weighted by Gasteiger charge is 2.19. The Kier molecular flexibility index (Phi) is 5.80. The van der Waals surface area contributed by atoms with Crippen molar-refractivity contribution in [1.29, 1.82) is 0 Å². The fraction of sp³-hybridized carbons (Fsp3) is 0.545. The number of aromatic nitrogens is 2. The van der Waals surface area contributed by atoms with Gasteiger partial charge in [0, 0.05) is 31.5 Å². The van der Waals surface area contributed by atoms with Crippen LogP contribution < -0.4 is 10.6 Å². The molecule has 0 spiro atoms. The number of carbonyl (C=O) groups excluding carboxylic acids is 1. The molecule has 19 heavy (non-hydrogen) atoms. The van der Waals surface area contributed by atoms with E-state index < -0.39 is 18.0 Å². The van der Waals surface area contributed by atoms with Crippen molar-refractivity contribution < 1.29 is 19.8 Å². The monoisotopic (exact) mass is 270 g/mol. The molecule has 8 heteroatoms. The Hall–Kier alpha value is -2.09. The standard InChI is InChI=1S/C11H18N4O4/c1-8(7-15-5-2-4-12-15)13-11(19)14-9(3-6-16)10(17)18/h2,4-5,8-9,16H,3,6-7H2,1H3,(H,17,18)(H2,13,14,19). The molecule has 0 saturated carbocycles. The second-order valence-corrected chi connectivity index (χ2v) is 4.15. The van der Waals surface area contributed by atoms with Gasteiger partial charge < -0.3 is 20.8 Å². The number of carboxylic acids is 1. The van der Waals surface area contributed by atoms with Crippen LogP contribution in [0.5, 0.6) is 0 Å². The highest BCUT2D eigenvalue weighted by Crippen LogP contribution is 1.93. The molecule has 0 saturated heterocycles. The maximum absolute atomic E-state index is 11.6. The molecular weight excluding hydrogens is 252 g/mol. The van der Waals surface area contributed by atoms with Crippen LogP contribution in [0.1, 0.15) is 13.3 Å². The number of aliphatic carboxylic acids is 1. The largest absolute Gasteiger partial charge is 0.480 e. The molecule has 2 amide bonds. The molecule has 0 aromatic carbocycles. The average molecular weight is 270 g/mol. The van der Waals surface area contributed by atoms with Gasteiger partial charge in [0.2, 0.25) is 0 Å². The number of rotatable bonds is 7. The van der Waals surface area contributed by atoms with Gasteiger partial charge in [-0.3, -0.25) is 4.68 Å². The zero-order valence-electron chi connectivity index (χ0n) is 10.6. The Labute approximate surface area is 110 Å². The summed E-state index contributed by atoms with van der Waals surface area (Å²) in [6.07, 6.45) is 3.37. The lowest BCUT2D eigenvalue weighted by Gasteiger charge is -2.17. The Morgan fingerprint density at radius 3 is 2.68 bits per heavy atom. The van der Waals surface area contributed by atoms with E-state index in [9.17, 15) is 9.59 Å². The molecule has 2 unspecified atom stereocenters. The van der Waals surface area contributed by atoms with Crippen molar-refractivity contribution in [3.05, 3.63) is 18.5 Å². The fourth-order valence-electron chi connectivity index (χ4n) is 1.54. The number of hydrogen-bond acceptors (Lipinski definition) is 4. The summed E-state index contributed by atoms with van der Waals surface area (Å²) in [6.45, 7) is 1.96. The molecular formula is C11H18N4O4. The number of amides is 2. The third kappa shape index (κ3) is 5.38.